The van der Waals surface area contributed by atoms with Crippen LogP contribution in [-0.2, 0) is 19.3 Å². The van der Waals surface area contributed by atoms with Crippen molar-refractivity contribution in [3.8, 4) is 0 Å². The first-order chi connectivity index (χ1) is 9.38. The standard InChI is InChI=1S/C13H10BrClF3NS/c14-11-5-9(20-12(11)15)7-19-6-8-3-1-2-4-10(8)13(16,17)18/h1-5,19H,6-7H2. The average molecular weight is 385 g/mol. The Morgan fingerprint density at radius 1 is 1.20 bits per heavy atom. The fraction of sp³-hybridized carbons (Fsp3) is 0.231. The molecular weight excluding hydrogens is 375 g/mol. The first-order valence-electron chi connectivity index (χ1n) is 5.67. The maximum atomic E-state index is 12.8. The molecule has 0 aliphatic carbocycles. The van der Waals surface area contributed by atoms with Crippen LogP contribution in [0.2, 0.25) is 4.34 Å². The first-order valence-corrected chi connectivity index (χ1v) is 7.66. The molecule has 0 bridgehead atoms. The van der Waals surface area contributed by atoms with E-state index in [0.29, 0.717) is 10.9 Å². The van der Waals surface area contributed by atoms with Gasteiger partial charge in [0, 0.05) is 22.4 Å². The zero-order valence-electron chi connectivity index (χ0n) is 10.1. The number of nitrogens with one attached hydrogen (secondary N) is 1. The quantitative estimate of drug-likeness (QED) is 0.737. The van der Waals surface area contributed by atoms with E-state index in [4.69, 9.17) is 11.6 Å². The molecule has 0 aliphatic rings. The van der Waals surface area contributed by atoms with Crippen LogP contribution in [0.15, 0.2) is 34.8 Å². The first kappa shape index (κ1) is 15.8. The third-order valence-corrected chi connectivity index (χ3v) is 5.11. The van der Waals surface area contributed by atoms with E-state index in [1.807, 2.05) is 6.07 Å². The van der Waals surface area contributed by atoms with Crippen molar-refractivity contribution in [1.82, 2.24) is 5.32 Å². The second-order valence-corrected chi connectivity index (χ2v) is 6.69. The number of hydrogen-bond donors (Lipinski definition) is 1. The maximum Gasteiger partial charge on any atom is 0.416 e. The second-order valence-electron chi connectivity index (χ2n) is 4.09. The van der Waals surface area contributed by atoms with Crippen LogP contribution in [0.5, 0.6) is 0 Å². The lowest BCUT2D eigenvalue weighted by Crippen LogP contribution is -2.16. The SMILES string of the molecule is FC(F)(F)c1ccccc1CNCc1cc(Br)c(Cl)s1. The summed E-state index contributed by atoms with van der Waals surface area (Å²) in [7, 11) is 0. The molecule has 108 valence electrons. The minimum atomic E-state index is -4.33. The Hall–Kier alpha value is -0.560. The van der Waals surface area contributed by atoms with Crippen molar-refractivity contribution in [1.29, 1.82) is 0 Å². The van der Waals surface area contributed by atoms with Gasteiger partial charge in [0.15, 0.2) is 0 Å². The third-order valence-electron chi connectivity index (χ3n) is 2.63. The monoisotopic (exact) mass is 383 g/mol. The van der Waals surface area contributed by atoms with E-state index in [0.717, 1.165) is 15.4 Å². The van der Waals surface area contributed by atoms with Crippen molar-refractivity contribution in [3.05, 3.63) is 55.1 Å². The van der Waals surface area contributed by atoms with Crippen molar-refractivity contribution in [2.75, 3.05) is 0 Å². The average Bonchev–Trinajstić information content (AvgIpc) is 2.68. The number of halogens is 5. The number of hydrogen-bond acceptors (Lipinski definition) is 2. The molecule has 0 radical (unpaired) electrons. The molecule has 0 amide bonds. The highest BCUT2D eigenvalue weighted by molar-refractivity contribution is 9.10. The molecule has 0 unspecified atom stereocenters. The zero-order valence-corrected chi connectivity index (χ0v) is 13.3. The molecule has 2 aromatic rings. The largest absolute Gasteiger partial charge is 0.416 e. The summed E-state index contributed by atoms with van der Waals surface area (Å²) in [6.45, 7) is 0.630. The summed E-state index contributed by atoms with van der Waals surface area (Å²) in [5.74, 6) is 0. The van der Waals surface area contributed by atoms with Crippen LogP contribution in [0.4, 0.5) is 13.2 Å². The number of alkyl halides is 3. The Kier molecular flexibility index (Phi) is 5.12. The molecule has 20 heavy (non-hydrogen) atoms. The Balaban J connectivity index is 2.01. The molecule has 1 N–H and O–H groups in total. The van der Waals surface area contributed by atoms with Gasteiger partial charge in [-0.05, 0) is 33.6 Å². The van der Waals surface area contributed by atoms with Crippen LogP contribution < -0.4 is 5.32 Å². The molecule has 0 fully saturated rings. The van der Waals surface area contributed by atoms with Crippen LogP contribution in [-0.4, -0.2) is 0 Å². The predicted octanol–water partition coefficient (Wildman–Crippen LogP) is 5.47. The van der Waals surface area contributed by atoms with Gasteiger partial charge in [-0.15, -0.1) is 11.3 Å². The molecule has 1 heterocycles. The van der Waals surface area contributed by atoms with Gasteiger partial charge in [-0.3, -0.25) is 0 Å². The summed E-state index contributed by atoms with van der Waals surface area (Å²) in [6.07, 6.45) is -4.33. The highest BCUT2D eigenvalue weighted by atomic mass is 79.9. The van der Waals surface area contributed by atoms with Crippen LogP contribution >= 0.6 is 38.9 Å². The molecule has 0 atom stereocenters. The van der Waals surface area contributed by atoms with Crippen molar-refractivity contribution in [3.63, 3.8) is 0 Å². The Bertz CT molecular complexity index is 578. The summed E-state index contributed by atoms with van der Waals surface area (Å²) in [5.41, 5.74) is -0.361. The topological polar surface area (TPSA) is 12.0 Å². The van der Waals surface area contributed by atoms with Gasteiger partial charge in [-0.2, -0.15) is 13.2 Å². The Labute approximate surface area is 131 Å². The van der Waals surface area contributed by atoms with E-state index in [1.54, 1.807) is 6.07 Å². The molecule has 1 aromatic heterocycles. The third kappa shape index (κ3) is 3.97. The maximum absolute atomic E-state index is 12.8. The molecule has 1 aromatic carbocycles. The predicted molar refractivity (Wildman–Crippen MR) is 79.0 cm³/mol. The smallest absolute Gasteiger partial charge is 0.308 e. The fourth-order valence-electron chi connectivity index (χ4n) is 1.75. The summed E-state index contributed by atoms with van der Waals surface area (Å²) in [4.78, 5) is 0.964. The number of benzene rings is 1. The van der Waals surface area contributed by atoms with E-state index in [9.17, 15) is 13.2 Å². The minimum Gasteiger partial charge on any atom is -0.308 e. The van der Waals surface area contributed by atoms with E-state index >= 15 is 0 Å². The molecule has 0 aliphatic heterocycles. The van der Waals surface area contributed by atoms with Crippen LogP contribution in [0, 0.1) is 0 Å². The van der Waals surface area contributed by atoms with E-state index in [1.165, 1.54) is 23.5 Å². The zero-order chi connectivity index (χ0) is 14.8. The molecular formula is C13H10BrClF3NS. The summed E-state index contributed by atoms with van der Waals surface area (Å²) < 4.78 is 39.9. The van der Waals surface area contributed by atoms with Crippen molar-refractivity contribution in [2.45, 2.75) is 19.3 Å². The molecule has 0 saturated carbocycles. The lowest BCUT2D eigenvalue weighted by atomic mass is 10.1. The summed E-state index contributed by atoms with van der Waals surface area (Å²) in [5, 5.41) is 3.00. The van der Waals surface area contributed by atoms with Gasteiger partial charge in [0.25, 0.3) is 0 Å². The molecule has 0 spiro atoms. The van der Waals surface area contributed by atoms with Gasteiger partial charge in [0.2, 0.25) is 0 Å². The minimum absolute atomic E-state index is 0.156. The van der Waals surface area contributed by atoms with Crippen LogP contribution in [0.1, 0.15) is 16.0 Å². The van der Waals surface area contributed by atoms with E-state index in [2.05, 4.69) is 21.2 Å². The molecule has 1 nitrogen and oxygen atoms in total. The normalized spacial score (nSPS) is 11.8. The lowest BCUT2D eigenvalue weighted by molar-refractivity contribution is -0.138. The Morgan fingerprint density at radius 3 is 2.50 bits per heavy atom. The lowest BCUT2D eigenvalue weighted by Gasteiger charge is -2.12. The van der Waals surface area contributed by atoms with E-state index < -0.39 is 11.7 Å². The van der Waals surface area contributed by atoms with Crippen molar-refractivity contribution >= 4 is 38.9 Å². The Morgan fingerprint density at radius 2 is 1.90 bits per heavy atom. The van der Waals surface area contributed by atoms with E-state index in [-0.39, 0.29) is 12.1 Å². The van der Waals surface area contributed by atoms with Gasteiger partial charge in [-0.25, -0.2) is 0 Å². The number of thiophene rings is 1. The summed E-state index contributed by atoms with van der Waals surface area (Å²) in [6, 6.07) is 7.42. The van der Waals surface area contributed by atoms with Crippen molar-refractivity contribution in [2.24, 2.45) is 0 Å². The van der Waals surface area contributed by atoms with Gasteiger partial charge in [0.05, 0.1) is 5.56 Å². The summed E-state index contributed by atoms with van der Waals surface area (Å²) >= 11 is 10.6. The molecule has 2 rings (SSSR count). The highest BCUT2D eigenvalue weighted by Gasteiger charge is 2.32. The second kappa shape index (κ2) is 6.47. The van der Waals surface area contributed by atoms with Crippen LogP contribution in [0.25, 0.3) is 0 Å². The molecule has 7 heteroatoms. The highest BCUT2D eigenvalue weighted by Crippen LogP contribution is 2.33. The van der Waals surface area contributed by atoms with Crippen LogP contribution in [0.3, 0.4) is 0 Å². The van der Waals surface area contributed by atoms with Gasteiger partial charge in [-0.1, -0.05) is 29.8 Å². The van der Waals surface area contributed by atoms with Gasteiger partial charge < -0.3 is 5.32 Å². The molecule has 0 saturated heterocycles. The van der Waals surface area contributed by atoms with Gasteiger partial charge >= 0.3 is 6.18 Å². The number of rotatable bonds is 4. The van der Waals surface area contributed by atoms with Gasteiger partial charge in [0.1, 0.15) is 4.34 Å². The van der Waals surface area contributed by atoms with Crippen molar-refractivity contribution < 1.29 is 13.2 Å². The fourth-order valence-corrected chi connectivity index (χ4v) is 3.51.